The average molecular weight is 330 g/mol. The van der Waals surface area contributed by atoms with Gasteiger partial charge in [-0.1, -0.05) is 6.07 Å². The van der Waals surface area contributed by atoms with Crippen LogP contribution < -0.4 is 5.32 Å². The molecule has 0 aromatic carbocycles. The summed E-state index contributed by atoms with van der Waals surface area (Å²) in [6.07, 6.45) is 6.99. The van der Waals surface area contributed by atoms with Crippen LogP contribution in [-0.4, -0.2) is 30.1 Å². The van der Waals surface area contributed by atoms with Crippen molar-refractivity contribution < 1.29 is 9.53 Å². The molecule has 1 aliphatic rings. The van der Waals surface area contributed by atoms with Crippen LogP contribution in [0.2, 0.25) is 0 Å². The first-order chi connectivity index (χ1) is 11.3. The van der Waals surface area contributed by atoms with Crippen LogP contribution >= 0.6 is 11.3 Å². The quantitative estimate of drug-likeness (QED) is 0.849. The summed E-state index contributed by atoms with van der Waals surface area (Å²) in [6, 6.07) is 8.35. The van der Waals surface area contributed by atoms with E-state index in [0.29, 0.717) is 25.6 Å². The summed E-state index contributed by atoms with van der Waals surface area (Å²) in [6.45, 7) is 1.33. The Bertz CT molecular complexity index is 601. The molecule has 0 spiro atoms. The molecule has 2 aromatic rings. The standard InChI is InChI=1S/C18H22N2O2S/c21-18(5-1-3-16-4-2-10-23-16)20-17-13-22-12-15(17)11-14-6-8-19-9-7-14/h2,4,6-10,15,17H,1,3,5,11-13H2,(H,20,21)/t15-,17+/m1/s1. The molecule has 4 nitrogen and oxygen atoms in total. The lowest BCUT2D eigenvalue weighted by atomic mass is 9.95. The number of nitrogens with one attached hydrogen (secondary N) is 1. The maximum atomic E-state index is 12.2. The molecule has 1 saturated heterocycles. The third kappa shape index (κ3) is 4.88. The number of amides is 1. The van der Waals surface area contributed by atoms with Gasteiger partial charge in [0.2, 0.25) is 5.91 Å². The molecule has 0 saturated carbocycles. The first-order valence-corrected chi connectivity index (χ1v) is 8.97. The second kappa shape index (κ2) is 8.22. The molecule has 0 unspecified atom stereocenters. The lowest BCUT2D eigenvalue weighted by Crippen LogP contribution is -2.40. The number of nitrogens with zero attached hydrogens (tertiary/aromatic N) is 1. The van der Waals surface area contributed by atoms with Crippen molar-refractivity contribution in [1.82, 2.24) is 10.3 Å². The van der Waals surface area contributed by atoms with Gasteiger partial charge < -0.3 is 10.1 Å². The highest BCUT2D eigenvalue weighted by Crippen LogP contribution is 2.19. The van der Waals surface area contributed by atoms with Gasteiger partial charge in [-0.05, 0) is 48.4 Å². The molecule has 0 radical (unpaired) electrons. The zero-order chi connectivity index (χ0) is 15.9. The number of ether oxygens (including phenoxy) is 1. The number of carbonyl (C=O) groups excluding carboxylic acids is 1. The van der Waals surface area contributed by atoms with Crippen molar-refractivity contribution in [3.8, 4) is 0 Å². The van der Waals surface area contributed by atoms with E-state index < -0.39 is 0 Å². The first kappa shape index (κ1) is 16.1. The molecule has 0 bridgehead atoms. The zero-order valence-electron chi connectivity index (χ0n) is 13.1. The van der Waals surface area contributed by atoms with Gasteiger partial charge in [0.25, 0.3) is 0 Å². The van der Waals surface area contributed by atoms with Crippen molar-refractivity contribution >= 4 is 17.2 Å². The van der Waals surface area contributed by atoms with Gasteiger partial charge in [0, 0.05) is 29.6 Å². The first-order valence-electron chi connectivity index (χ1n) is 8.09. The number of rotatable bonds is 7. The second-order valence-electron chi connectivity index (χ2n) is 5.96. The van der Waals surface area contributed by atoms with Gasteiger partial charge in [-0.2, -0.15) is 0 Å². The van der Waals surface area contributed by atoms with Gasteiger partial charge in [0.15, 0.2) is 0 Å². The lowest BCUT2D eigenvalue weighted by molar-refractivity contribution is -0.122. The van der Waals surface area contributed by atoms with Crippen molar-refractivity contribution in [2.45, 2.75) is 31.7 Å². The Morgan fingerprint density at radius 1 is 1.30 bits per heavy atom. The van der Waals surface area contributed by atoms with Crippen LogP contribution in [0.4, 0.5) is 0 Å². The minimum Gasteiger partial charge on any atom is -0.379 e. The third-order valence-corrected chi connectivity index (χ3v) is 5.14. The molecular formula is C18H22N2O2S. The summed E-state index contributed by atoms with van der Waals surface area (Å²) in [5.74, 6) is 0.482. The molecule has 3 heterocycles. The summed E-state index contributed by atoms with van der Waals surface area (Å²) in [7, 11) is 0. The van der Waals surface area contributed by atoms with Crippen molar-refractivity contribution in [1.29, 1.82) is 0 Å². The fourth-order valence-corrected chi connectivity index (χ4v) is 3.69. The van der Waals surface area contributed by atoms with E-state index in [-0.39, 0.29) is 11.9 Å². The third-order valence-electron chi connectivity index (χ3n) is 4.20. The van der Waals surface area contributed by atoms with E-state index in [9.17, 15) is 4.79 Å². The molecule has 3 rings (SSSR count). The minimum absolute atomic E-state index is 0.123. The highest BCUT2D eigenvalue weighted by atomic mass is 32.1. The molecule has 1 aliphatic heterocycles. The van der Waals surface area contributed by atoms with Crippen molar-refractivity contribution in [3.05, 3.63) is 52.5 Å². The van der Waals surface area contributed by atoms with Crippen LogP contribution in [-0.2, 0) is 22.4 Å². The van der Waals surface area contributed by atoms with E-state index in [0.717, 1.165) is 19.3 Å². The van der Waals surface area contributed by atoms with Crippen LogP contribution in [0, 0.1) is 5.92 Å². The largest absolute Gasteiger partial charge is 0.379 e. The molecule has 1 fully saturated rings. The summed E-state index contributed by atoms with van der Waals surface area (Å²) in [5.41, 5.74) is 1.24. The molecule has 0 aliphatic carbocycles. The zero-order valence-corrected chi connectivity index (χ0v) is 13.9. The monoisotopic (exact) mass is 330 g/mol. The van der Waals surface area contributed by atoms with Gasteiger partial charge in [-0.25, -0.2) is 0 Å². The fraction of sp³-hybridized carbons (Fsp3) is 0.444. The van der Waals surface area contributed by atoms with Crippen molar-refractivity contribution in [3.63, 3.8) is 0 Å². The van der Waals surface area contributed by atoms with Crippen molar-refractivity contribution in [2.75, 3.05) is 13.2 Å². The van der Waals surface area contributed by atoms with Gasteiger partial charge >= 0.3 is 0 Å². The number of aromatic nitrogens is 1. The Morgan fingerprint density at radius 2 is 2.17 bits per heavy atom. The van der Waals surface area contributed by atoms with Crippen LogP contribution in [0.15, 0.2) is 42.0 Å². The number of pyridine rings is 1. The van der Waals surface area contributed by atoms with E-state index in [4.69, 9.17) is 4.74 Å². The van der Waals surface area contributed by atoms with E-state index in [2.05, 4.69) is 27.8 Å². The Labute approximate surface area is 140 Å². The summed E-state index contributed by atoms with van der Waals surface area (Å²) in [4.78, 5) is 17.5. The Morgan fingerprint density at radius 3 is 2.96 bits per heavy atom. The minimum atomic E-state index is 0.123. The number of hydrogen-bond donors (Lipinski definition) is 1. The maximum Gasteiger partial charge on any atom is 0.220 e. The Hall–Kier alpha value is -1.72. The number of aryl methyl sites for hydroxylation is 1. The topological polar surface area (TPSA) is 51.2 Å². The van der Waals surface area contributed by atoms with Crippen LogP contribution in [0.3, 0.4) is 0 Å². The van der Waals surface area contributed by atoms with E-state index in [1.807, 2.05) is 24.5 Å². The SMILES string of the molecule is O=C(CCCc1cccs1)N[C@H]1COC[C@H]1Cc1ccncc1. The van der Waals surface area contributed by atoms with Crippen molar-refractivity contribution in [2.24, 2.45) is 5.92 Å². The van der Waals surface area contributed by atoms with Crippen LogP contribution in [0.5, 0.6) is 0 Å². The lowest BCUT2D eigenvalue weighted by Gasteiger charge is -2.19. The molecule has 122 valence electrons. The molecule has 1 amide bonds. The fourth-order valence-electron chi connectivity index (χ4n) is 2.94. The molecule has 5 heteroatoms. The molecular weight excluding hydrogens is 308 g/mol. The highest BCUT2D eigenvalue weighted by molar-refractivity contribution is 7.09. The normalized spacial score (nSPS) is 20.5. The predicted molar refractivity (Wildman–Crippen MR) is 91.4 cm³/mol. The number of hydrogen-bond acceptors (Lipinski definition) is 4. The van der Waals surface area contributed by atoms with Gasteiger partial charge in [0.1, 0.15) is 0 Å². The number of carbonyl (C=O) groups is 1. The van der Waals surface area contributed by atoms with Gasteiger partial charge in [0.05, 0.1) is 19.3 Å². The Balaban J connectivity index is 1.43. The van der Waals surface area contributed by atoms with Gasteiger partial charge in [-0.15, -0.1) is 11.3 Å². The average Bonchev–Trinajstić information content (AvgIpc) is 3.21. The summed E-state index contributed by atoms with van der Waals surface area (Å²) >= 11 is 1.75. The Kier molecular flexibility index (Phi) is 5.77. The molecule has 2 atom stereocenters. The van der Waals surface area contributed by atoms with E-state index in [1.165, 1.54) is 10.4 Å². The van der Waals surface area contributed by atoms with Crippen LogP contribution in [0.25, 0.3) is 0 Å². The second-order valence-corrected chi connectivity index (χ2v) is 7.00. The van der Waals surface area contributed by atoms with E-state index in [1.54, 1.807) is 11.3 Å². The summed E-state index contributed by atoms with van der Waals surface area (Å²) < 4.78 is 5.58. The predicted octanol–water partition coefficient (Wildman–Crippen LogP) is 2.84. The van der Waals surface area contributed by atoms with Gasteiger partial charge in [-0.3, -0.25) is 9.78 Å². The highest BCUT2D eigenvalue weighted by Gasteiger charge is 2.29. The molecule has 2 aromatic heterocycles. The maximum absolute atomic E-state index is 12.2. The summed E-state index contributed by atoms with van der Waals surface area (Å²) in [5, 5.41) is 5.23. The van der Waals surface area contributed by atoms with E-state index >= 15 is 0 Å². The smallest absolute Gasteiger partial charge is 0.220 e. The molecule has 23 heavy (non-hydrogen) atoms. The van der Waals surface area contributed by atoms with Crippen LogP contribution in [0.1, 0.15) is 23.3 Å². The number of thiophene rings is 1. The molecule has 1 N–H and O–H groups in total.